The summed E-state index contributed by atoms with van der Waals surface area (Å²) in [5.41, 5.74) is 7.42. The average molecular weight is 268 g/mol. The van der Waals surface area contributed by atoms with Crippen LogP contribution < -0.4 is 5.73 Å². The third-order valence-corrected chi connectivity index (χ3v) is 4.45. The second-order valence-corrected chi connectivity index (χ2v) is 6.05. The zero-order valence-electron chi connectivity index (χ0n) is 11.3. The van der Waals surface area contributed by atoms with Gasteiger partial charge in [-0.2, -0.15) is 11.3 Å². The Bertz CT molecular complexity index is 338. The highest BCUT2D eigenvalue weighted by Crippen LogP contribution is 2.32. The fraction of sp³-hybridized carbons (Fsp3) is 0.714. The number of hydrogen-bond acceptors (Lipinski definition) is 4. The largest absolute Gasteiger partial charge is 0.384 e. The summed E-state index contributed by atoms with van der Waals surface area (Å²) < 4.78 is 5.29. The normalized spacial score (nSPS) is 19.1. The Morgan fingerprint density at radius 3 is 2.83 bits per heavy atom. The first-order chi connectivity index (χ1) is 8.76. The van der Waals surface area contributed by atoms with E-state index in [4.69, 9.17) is 10.5 Å². The Balaban J connectivity index is 2.02. The van der Waals surface area contributed by atoms with Gasteiger partial charge in [-0.25, -0.2) is 0 Å². The van der Waals surface area contributed by atoms with Crippen LogP contribution in [-0.2, 0) is 11.3 Å². The number of nitrogens with zero attached hydrogens (tertiary/aromatic N) is 1. The van der Waals surface area contributed by atoms with E-state index < -0.39 is 0 Å². The van der Waals surface area contributed by atoms with Crippen molar-refractivity contribution in [1.82, 2.24) is 4.90 Å². The standard InChI is InChI=1S/C14H24N2OS/c1-11(9-17-2)14(7-15)16(13-3-4-13)8-12-5-6-18-10-12/h5-6,10-11,13-14H,3-4,7-9,15H2,1-2H3. The van der Waals surface area contributed by atoms with E-state index in [1.807, 2.05) is 0 Å². The number of rotatable bonds is 8. The summed E-state index contributed by atoms with van der Waals surface area (Å²) in [6, 6.07) is 3.38. The third kappa shape index (κ3) is 3.54. The van der Waals surface area contributed by atoms with E-state index in [1.165, 1.54) is 18.4 Å². The van der Waals surface area contributed by atoms with Gasteiger partial charge in [-0.05, 0) is 41.1 Å². The van der Waals surface area contributed by atoms with Gasteiger partial charge in [0.1, 0.15) is 0 Å². The van der Waals surface area contributed by atoms with Crippen molar-refractivity contribution in [3.63, 3.8) is 0 Å². The second kappa shape index (κ2) is 6.66. The van der Waals surface area contributed by atoms with Crippen LogP contribution in [0.25, 0.3) is 0 Å². The van der Waals surface area contributed by atoms with Gasteiger partial charge in [0.2, 0.25) is 0 Å². The molecule has 18 heavy (non-hydrogen) atoms. The first-order valence-electron chi connectivity index (χ1n) is 6.72. The monoisotopic (exact) mass is 268 g/mol. The molecule has 0 bridgehead atoms. The van der Waals surface area contributed by atoms with Crippen LogP contribution in [0.2, 0.25) is 0 Å². The highest BCUT2D eigenvalue weighted by atomic mass is 32.1. The molecule has 0 radical (unpaired) electrons. The van der Waals surface area contributed by atoms with Gasteiger partial charge >= 0.3 is 0 Å². The van der Waals surface area contributed by atoms with Crippen LogP contribution in [-0.4, -0.2) is 37.2 Å². The lowest BCUT2D eigenvalue weighted by Crippen LogP contribution is -2.46. The van der Waals surface area contributed by atoms with Crippen molar-refractivity contribution in [2.45, 2.75) is 38.4 Å². The molecule has 0 spiro atoms. The molecule has 0 aliphatic heterocycles. The van der Waals surface area contributed by atoms with Crippen molar-refractivity contribution in [1.29, 1.82) is 0 Å². The van der Waals surface area contributed by atoms with Crippen LogP contribution in [0.5, 0.6) is 0 Å². The first-order valence-corrected chi connectivity index (χ1v) is 7.66. The van der Waals surface area contributed by atoms with Gasteiger partial charge in [0.25, 0.3) is 0 Å². The molecular formula is C14H24N2OS. The van der Waals surface area contributed by atoms with E-state index in [0.29, 0.717) is 18.5 Å². The molecule has 1 heterocycles. The lowest BCUT2D eigenvalue weighted by molar-refractivity contribution is 0.0758. The quantitative estimate of drug-likeness (QED) is 0.786. The number of methoxy groups -OCH3 is 1. The number of hydrogen-bond donors (Lipinski definition) is 1. The smallest absolute Gasteiger partial charge is 0.0503 e. The van der Waals surface area contributed by atoms with E-state index in [1.54, 1.807) is 18.4 Å². The van der Waals surface area contributed by atoms with Gasteiger partial charge in [-0.3, -0.25) is 4.90 Å². The zero-order valence-corrected chi connectivity index (χ0v) is 12.2. The highest BCUT2D eigenvalue weighted by Gasteiger charge is 2.35. The average Bonchev–Trinajstić information content (AvgIpc) is 3.08. The fourth-order valence-electron chi connectivity index (χ4n) is 2.59. The van der Waals surface area contributed by atoms with Crippen LogP contribution in [0.3, 0.4) is 0 Å². The number of nitrogens with two attached hydrogens (primary N) is 1. The minimum Gasteiger partial charge on any atom is -0.384 e. The molecule has 1 aliphatic carbocycles. The lowest BCUT2D eigenvalue weighted by atomic mass is 10.0. The predicted molar refractivity (Wildman–Crippen MR) is 76.8 cm³/mol. The molecule has 4 heteroatoms. The maximum atomic E-state index is 6.00. The van der Waals surface area contributed by atoms with Gasteiger partial charge in [-0.15, -0.1) is 0 Å². The third-order valence-electron chi connectivity index (χ3n) is 3.72. The summed E-state index contributed by atoms with van der Waals surface area (Å²) in [6.45, 7) is 4.77. The van der Waals surface area contributed by atoms with Crippen molar-refractivity contribution < 1.29 is 4.74 Å². The zero-order chi connectivity index (χ0) is 13.0. The number of thiophene rings is 1. The van der Waals surface area contributed by atoms with E-state index >= 15 is 0 Å². The molecule has 0 amide bonds. The maximum absolute atomic E-state index is 6.00. The predicted octanol–water partition coefficient (Wildman–Crippen LogP) is 2.32. The SMILES string of the molecule is COCC(C)C(CN)N(Cc1ccsc1)C1CC1. The summed E-state index contributed by atoms with van der Waals surface area (Å²) in [5.74, 6) is 0.485. The first kappa shape index (κ1) is 14.0. The van der Waals surface area contributed by atoms with E-state index in [0.717, 1.165) is 19.2 Å². The molecule has 2 unspecified atom stereocenters. The van der Waals surface area contributed by atoms with Gasteiger partial charge in [0.05, 0.1) is 6.61 Å². The topological polar surface area (TPSA) is 38.5 Å². The summed E-state index contributed by atoms with van der Waals surface area (Å²) in [6.07, 6.45) is 2.64. The van der Waals surface area contributed by atoms with Crippen molar-refractivity contribution in [3.8, 4) is 0 Å². The van der Waals surface area contributed by atoms with Crippen molar-refractivity contribution in [2.75, 3.05) is 20.3 Å². The minimum absolute atomic E-state index is 0.428. The molecule has 102 valence electrons. The molecular weight excluding hydrogens is 244 g/mol. The van der Waals surface area contributed by atoms with E-state index in [2.05, 4.69) is 28.7 Å². The molecule has 1 saturated carbocycles. The Labute approximate surface area is 114 Å². The summed E-state index contributed by atoms with van der Waals surface area (Å²) in [5, 5.41) is 4.39. The maximum Gasteiger partial charge on any atom is 0.0503 e. The van der Waals surface area contributed by atoms with Crippen LogP contribution in [0.1, 0.15) is 25.3 Å². The van der Waals surface area contributed by atoms with Crippen molar-refractivity contribution in [2.24, 2.45) is 11.7 Å². The summed E-state index contributed by atoms with van der Waals surface area (Å²) in [4.78, 5) is 2.59. The van der Waals surface area contributed by atoms with Gasteiger partial charge in [-0.1, -0.05) is 6.92 Å². The van der Waals surface area contributed by atoms with Crippen molar-refractivity contribution in [3.05, 3.63) is 22.4 Å². The molecule has 1 aromatic rings. The summed E-state index contributed by atoms with van der Waals surface area (Å²) in [7, 11) is 1.77. The van der Waals surface area contributed by atoms with Crippen LogP contribution in [0.4, 0.5) is 0 Å². The van der Waals surface area contributed by atoms with Crippen LogP contribution in [0.15, 0.2) is 16.8 Å². The molecule has 2 atom stereocenters. The Morgan fingerprint density at radius 1 is 1.56 bits per heavy atom. The molecule has 2 rings (SSSR count). The molecule has 0 aromatic carbocycles. The Morgan fingerprint density at radius 2 is 2.33 bits per heavy atom. The fourth-order valence-corrected chi connectivity index (χ4v) is 3.25. The molecule has 2 N–H and O–H groups in total. The minimum atomic E-state index is 0.428. The lowest BCUT2D eigenvalue weighted by Gasteiger charge is -2.34. The van der Waals surface area contributed by atoms with Crippen LogP contribution >= 0.6 is 11.3 Å². The van der Waals surface area contributed by atoms with E-state index in [9.17, 15) is 0 Å². The molecule has 1 aromatic heterocycles. The Kier molecular flexibility index (Phi) is 5.18. The van der Waals surface area contributed by atoms with E-state index in [-0.39, 0.29) is 0 Å². The molecule has 0 saturated heterocycles. The second-order valence-electron chi connectivity index (χ2n) is 5.27. The molecule has 3 nitrogen and oxygen atoms in total. The molecule has 1 fully saturated rings. The van der Waals surface area contributed by atoms with Gasteiger partial charge in [0.15, 0.2) is 0 Å². The molecule has 1 aliphatic rings. The number of ether oxygens (including phenoxy) is 1. The van der Waals surface area contributed by atoms with Gasteiger partial charge < -0.3 is 10.5 Å². The van der Waals surface area contributed by atoms with Crippen LogP contribution in [0, 0.1) is 5.92 Å². The summed E-state index contributed by atoms with van der Waals surface area (Å²) >= 11 is 1.77. The van der Waals surface area contributed by atoms with Gasteiger partial charge in [0, 0.05) is 32.3 Å². The Hall–Kier alpha value is -0.420. The van der Waals surface area contributed by atoms with Crippen molar-refractivity contribution >= 4 is 11.3 Å². The highest BCUT2D eigenvalue weighted by molar-refractivity contribution is 7.07.